The molecule has 0 saturated carbocycles. The zero-order valence-electron chi connectivity index (χ0n) is 11.9. The normalized spacial score (nSPS) is 14.2. The monoisotopic (exact) mass is 276 g/mol. The van der Waals surface area contributed by atoms with Crippen LogP contribution in [0.1, 0.15) is 30.7 Å². The molecule has 0 aliphatic carbocycles. The van der Waals surface area contributed by atoms with E-state index in [1.807, 2.05) is 26.2 Å². The van der Waals surface area contributed by atoms with Crippen LogP contribution in [0.2, 0.25) is 0 Å². The van der Waals surface area contributed by atoms with Crippen molar-refractivity contribution in [2.45, 2.75) is 32.0 Å². The van der Waals surface area contributed by atoms with Gasteiger partial charge < -0.3 is 15.0 Å². The average Bonchev–Trinajstić information content (AvgIpc) is 2.82. The average molecular weight is 276 g/mol. The van der Waals surface area contributed by atoms with Gasteiger partial charge in [-0.25, -0.2) is 4.39 Å². The lowest BCUT2D eigenvalue weighted by Gasteiger charge is -2.18. The van der Waals surface area contributed by atoms with E-state index in [9.17, 15) is 9.50 Å². The summed E-state index contributed by atoms with van der Waals surface area (Å²) in [6.45, 7) is 2.80. The molecule has 2 aromatic rings. The minimum absolute atomic E-state index is 0.171. The lowest BCUT2D eigenvalue weighted by atomic mass is 10.0. The Morgan fingerprint density at radius 3 is 2.55 bits per heavy atom. The van der Waals surface area contributed by atoms with Gasteiger partial charge in [0.15, 0.2) is 0 Å². The Labute approximate surface area is 119 Å². The minimum Gasteiger partial charge on any atom is -0.388 e. The van der Waals surface area contributed by atoms with E-state index in [0.29, 0.717) is 6.42 Å². The van der Waals surface area contributed by atoms with Crippen molar-refractivity contribution in [1.82, 2.24) is 9.88 Å². The number of benzene rings is 1. The first-order valence-electron chi connectivity index (χ1n) is 6.83. The second-order valence-corrected chi connectivity index (χ2v) is 5.20. The van der Waals surface area contributed by atoms with Gasteiger partial charge in [-0.15, -0.1) is 0 Å². The van der Waals surface area contributed by atoms with Gasteiger partial charge in [0.25, 0.3) is 0 Å². The summed E-state index contributed by atoms with van der Waals surface area (Å²) in [5.41, 5.74) is 1.95. The van der Waals surface area contributed by atoms with Crippen LogP contribution in [0.4, 0.5) is 4.39 Å². The lowest BCUT2D eigenvalue weighted by molar-refractivity contribution is 0.153. The lowest BCUT2D eigenvalue weighted by Crippen LogP contribution is -2.28. The molecule has 3 nitrogen and oxygen atoms in total. The van der Waals surface area contributed by atoms with Crippen molar-refractivity contribution in [3.05, 3.63) is 59.7 Å². The summed E-state index contributed by atoms with van der Waals surface area (Å²) in [7, 11) is 2.01. The van der Waals surface area contributed by atoms with Gasteiger partial charge in [-0.1, -0.05) is 12.1 Å². The number of aliphatic hydroxyl groups is 1. The molecule has 1 aromatic carbocycles. The van der Waals surface area contributed by atoms with Crippen LogP contribution in [0, 0.1) is 5.82 Å². The quantitative estimate of drug-likeness (QED) is 0.851. The summed E-state index contributed by atoms with van der Waals surface area (Å²) < 4.78 is 14.9. The van der Waals surface area contributed by atoms with Crippen LogP contribution in [0.3, 0.4) is 0 Å². The number of halogens is 1. The molecule has 0 bridgehead atoms. The molecule has 2 N–H and O–H groups in total. The first kappa shape index (κ1) is 14.8. The number of aryl methyl sites for hydroxylation is 1. The Balaban J connectivity index is 1.83. The van der Waals surface area contributed by atoms with Gasteiger partial charge in [-0.3, -0.25) is 0 Å². The van der Waals surface area contributed by atoms with E-state index in [0.717, 1.165) is 12.1 Å². The van der Waals surface area contributed by atoms with E-state index in [1.54, 1.807) is 12.1 Å². The molecule has 1 aromatic heterocycles. The maximum absolute atomic E-state index is 12.8. The Hall–Kier alpha value is -1.65. The molecule has 4 heteroatoms. The molecule has 108 valence electrons. The molecule has 0 amide bonds. The van der Waals surface area contributed by atoms with Crippen molar-refractivity contribution in [1.29, 1.82) is 0 Å². The number of aliphatic hydroxyl groups excluding tert-OH is 1. The van der Waals surface area contributed by atoms with Crippen LogP contribution in [-0.4, -0.2) is 15.7 Å². The molecular formula is C16H21FN2O. The van der Waals surface area contributed by atoms with Crippen molar-refractivity contribution >= 4 is 0 Å². The van der Waals surface area contributed by atoms with Crippen molar-refractivity contribution in [2.24, 2.45) is 7.05 Å². The standard InChI is InChI=1S/C16H21FN2O/c1-12(18-11-15-4-3-9-19(15)2)10-16(20)13-5-7-14(17)8-6-13/h3-9,12,16,18,20H,10-11H2,1-2H3/t12-,16-/m0/s1. The molecule has 0 radical (unpaired) electrons. The van der Waals surface area contributed by atoms with E-state index in [1.165, 1.54) is 17.8 Å². The summed E-state index contributed by atoms with van der Waals surface area (Å²) in [5, 5.41) is 13.5. The van der Waals surface area contributed by atoms with Crippen LogP contribution in [-0.2, 0) is 13.6 Å². The van der Waals surface area contributed by atoms with Gasteiger partial charge in [0.1, 0.15) is 5.82 Å². The predicted octanol–water partition coefficient (Wildman–Crippen LogP) is 2.77. The fraction of sp³-hybridized carbons (Fsp3) is 0.375. The van der Waals surface area contributed by atoms with Crippen molar-refractivity contribution in [2.75, 3.05) is 0 Å². The summed E-state index contributed by atoms with van der Waals surface area (Å²) in [5.74, 6) is -0.282. The van der Waals surface area contributed by atoms with Crippen molar-refractivity contribution < 1.29 is 9.50 Å². The van der Waals surface area contributed by atoms with E-state index in [-0.39, 0.29) is 11.9 Å². The molecule has 0 unspecified atom stereocenters. The zero-order chi connectivity index (χ0) is 14.5. The Morgan fingerprint density at radius 2 is 1.95 bits per heavy atom. The van der Waals surface area contributed by atoms with E-state index in [4.69, 9.17) is 0 Å². The van der Waals surface area contributed by atoms with Crippen LogP contribution in [0.15, 0.2) is 42.6 Å². The van der Waals surface area contributed by atoms with Crippen LogP contribution < -0.4 is 5.32 Å². The third kappa shape index (κ3) is 3.92. The molecule has 1 heterocycles. The van der Waals surface area contributed by atoms with E-state index in [2.05, 4.69) is 16.0 Å². The van der Waals surface area contributed by atoms with Crippen molar-refractivity contribution in [3.8, 4) is 0 Å². The summed E-state index contributed by atoms with van der Waals surface area (Å²) in [4.78, 5) is 0. The number of hydrogen-bond donors (Lipinski definition) is 2. The highest BCUT2D eigenvalue weighted by Gasteiger charge is 2.12. The van der Waals surface area contributed by atoms with Gasteiger partial charge in [0.05, 0.1) is 6.10 Å². The Morgan fingerprint density at radius 1 is 1.25 bits per heavy atom. The topological polar surface area (TPSA) is 37.2 Å². The van der Waals surface area contributed by atoms with Crippen LogP contribution in [0.5, 0.6) is 0 Å². The number of aromatic nitrogens is 1. The van der Waals surface area contributed by atoms with Gasteiger partial charge in [-0.2, -0.15) is 0 Å². The molecule has 0 spiro atoms. The molecule has 0 aliphatic heterocycles. The number of nitrogens with one attached hydrogen (secondary N) is 1. The van der Waals surface area contributed by atoms with Crippen molar-refractivity contribution in [3.63, 3.8) is 0 Å². The SMILES string of the molecule is C[C@@H](C[C@H](O)c1ccc(F)cc1)NCc1cccn1C. The molecule has 2 atom stereocenters. The largest absolute Gasteiger partial charge is 0.388 e. The smallest absolute Gasteiger partial charge is 0.123 e. The summed E-state index contributed by atoms with van der Waals surface area (Å²) >= 11 is 0. The molecule has 0 aliphatic rings. The molecule has 0 saturated heterocycles. The summed E-state index contributed by atoms with van der Waals surface area (Å²) in [6.07, 6.45) is 2.02. The van der Waals surface area contributed by atoms with Crippen LogP contribution in [0.25, 0.3) is 0 Å². The molecule has 2 rings (SSSR count). The zero-order valence-corrected chi connectivity index (χ0v) is 11.9. The van der Waals surface area contributed by atoms with Gasteiger partial charge >= 0.3 is 0 Å². The Kier molecular flexibility index (Phi) is 4.93. The second kappa shape index (κ2) is 6.68. The third-order valence-corrected chi connectivity index (χ3v) is 3.51. The minimum atomic E-state index is -0.577. The van der Waals surface area contributed by atoms with Gasteiger partial charge in [-0.05, 0) is 43.2 Å². The van der Waals surface area contributed by atoms with E-state index >= 15 is 0 Å². The van der Waals surface area contributed by atoms with E-state index < -0.39 is 6.10 Å². The predicted molar refractivity (Wildman–Crippen MR) is 77.7 cm³/mol. The highest BCUT2D eigenvalue weighted by molar-refractivity contribution is 5.18. The first-order chi connectivity index (χ1) is 9.56. The number of rotatable bonds is 6. The molecule has 20 heavy (non-hydrogen) atoms. The fourth-order valence-electron chi connectivity index (χ4n) is 2.20. The maximum Gasteiger partial charge on any atom is 0.123 e. The molecular weight excluding hydrogens is 255 g/mol. The van der Waals surface area contributed by atoms with Gasteiger partial charge in [0.2, 0.25) is 0 Å². The highest BCUT2D eigenvalue weighted by atomic mass is 19.1. The molecule has 0 fully saturated rings. The fourth-order valence-corrected chi connectivity index (χ4v) is 2.20. The second-order valence-electron chi connectivity index (χ2n) is 5.20. The van der Waals surface area contributed by atoms with Gasteiger partial charge in [0, 0.05) is 31.5 Å². The Bertz CT molecular complexity index is 536. The third-order valence-electron chi connectivity index (χ3n) is 3.51. The first-order valence-corrected chi connectivity index (χ1v) is 6.83. The van der Waals surface area contributed by atoms with Crippen LogP contribution >= 0.6 is 0 Å². The summed E-state index contributed by atoms with van der Waals surface area (Å²) in [6, 6.07) is 10.3. The maximum atomic E-state index is 12.8. The highest BCUT2D eigenvalue weighted by Crippen LogP contribution is 2.18. The number of hydrogen-bond acceptors (Lipinski definition) is 2. The number of nitrogens with zero attached hydrogens (tertiary/aromatic N) is 1.